The number of rotatable bonds is 3. The second kappa shape index (κ2) is 7.48. The van der Waals surface area contributed by atoms with Crippen LogP contribution in [-0.2, 0) is 31.2 Å². The quantitative estimate of drug-likeness (QED) is 0.522. The van der Waals surface area contributed by atoms with E-state index in [0.717, 1.165) is 16.5 Å². The van der Waals surface area contributed by atoms with Gasteiger partial charge in [-0.1, -0.05) is 17.7 Å². The van der Waals surface area contributed by atoms with E-state index >= 15 is 0 Å². The van der Waals surface area contributed by atoms with Gasteiger partial charge in [-0.25, -0.2) is 4.68 Å². The summed E-state index contributed by atoms with van der Waals surface area (Å²) in [5.74, 6) is -0.112. The summed E-state index contributed by atoms with van der Waals surface area (Å²) in [6.07, 6.45) is -0.330. The summed E-state index contributed by atoms with van der Waals surface area (Å²) in [6.45, 7) is 5.26. The van der Waals surface area contributed by atoms with Crippen molar-refractivity contribution in [3.8, 4) is 0 Å². The van der Waals surface area contributed by atoms with E-state index in [0.29, 0.717) is 36.2 Å². The van der Waals surface area contributed by atoms with Crippen LogP contribution in [0.25, 0.3) is 11.0 Å². The van der Waals surface area contributed by atoms with E-state index in [9.17, 15) is 5.11 Å². The van der Waals surface area contributed by atoms with Gasteiger partial charge in [-0.15, -0.1) is 0 Å². The summed E-state index contributed by atoms with van der Waals surface area (Å²) >= 11 is 12.5. The molecule has 184 valence electrons. The van der Waals surface area contributed by atoms with E-state index in [1.807, 2.05) is 32.0 Å². The summed E-state index contributed by atoms with van der Waals surface area (Å²) in [5.41, 5.74) is 2.41. The van der Waals surface area contributed by atoms with Crippen molar-refractivity contribution in [1.29, 1.82) is 0 Å². The first kappa shape index (κ1) is 22.2. The average molecular weight is 520 g/mol. The van der Waals surface area contributed by atoms with Gasteiger partial charge >= 0.3 is 0 Å². The van der Waals surface area contributed by atoms with E-state index in [-0.39, 0.29) is 11.9 Å². The van der Waals surface area contributed by atoms with Crippen LogP contribution in [0.3, 0.4) is 0 Å². The van der Waals surface area contributed by atoms with E-state index in [1.54, 1.807) is 10.9 Å². The van der Waals surface area contributed by atoms with E-state index in [4.69, 9.17) is 42.1 Å². The molecule has 0 bridgehead atoms. The minimum absolute atomic E-state index is 0.104. The lowest BCUT2D eigenvalue weighted by molar-refractivity contribution is -0.201. The molecule has 4 aliphatic heterocycles. The third-order valence-corrected chi connectivity index (χ3v) is 7.61. The molecule has 0 saturated carbocycles. The van der Waals surface area contributed by atoms with Crippen molar-refractivity contribution in [3.63, 3.8) is 0 Å². The molecule has 1 N–H and O–H groups in total. The van der Waals surface area contributed by atoms with Crippen molar-refractivity contribution in [1.82, 2.24) is 19.7 Å². The van der Waals surface area contributed by atoms with Crippen LogP contribution in [0, 0.1) is 0 Å². The molecule has 10 nitrogen and oxygen atoms in total. The number of halogens is 2. The minimum Gasteiger partial charge on any atom is -0.394 e. The number of nitrogens with zero attached hydrogens (tertiary/aromatic N) is 5. The number of hydrogen-bond acceptors (Lipinski definition) is 9. The lowest BCUT2D eigenvalue weighted by atomic mass is 9.85. The van der Waals surface area contributed by atoms with Gasteiger partial charge in [0.05, 0.1) is 37.9 Å². The molecule has 7 rings (SSSR count). The Balaban J connectivity index is 1.22. The van der Waals surface area contributed by atoms with E-state index in [1.165, 1.54) is 0 Å². The van der Waals surface area contributed by atoms with Crippen molar-refractivity contribution in [3.05, 3.63) is 45.8 Å². The SMILES string of the molecule is CC1(C)O[C@@H]2[C@H](O1)[C@@H](CO)O[C@H]2n1ncc2c(N3CC4(C3)OCc3cc(Cl)ccc34)nc(Cl)nc21. The maximum atomic E-state index is 9.84. The van der Waals surface area contributed by atoms with Crippen LogP contribution in [-0.4, -0.2) is 68.7 Å². The molecule has 0 aliphatic carbocycles. The van der Waals surface area contributed by atoms with Gasteiger partial charge in [0.2, 0.25) is 5.28 Å². The fraction of sp³-hybridized carbons (Fsp3) is 0.522. The number of fused-ring (bicyclic) bond motifs is 4. The molecule has 1 spiro atoms. The predicted octanol–water partition coefficient (Wildman–Crippen LogP) is 2.79. The van der Waals surface area contributed by atoms with Crippen molar-refractivity contribution >= 4 is 40.1 Å². The highest BCUT2D eigenvalue weighted by Crippen LogP contribution is 2.47. The Bertz CT molecular complexity index is 1340. The molecular weight excluding hydrogens is 497 g/mol. The zero-order valence-electron chi connectivity index (χ0n) is 19.0. The van der Waals surface area contributed by atoms with Gasteiger partial charge in [0.25, 0.3) is 0 Å². The second-order valence-electron chi connectivity index (χ2n) is 9.90. The van der Waals surface area contributed by atoms with Gasteiger partial charge in [-0.05, 0) is 48.7 Å². The molecule has 12 heteroatoms. The molecule has 6 heterocycles. The molecule has 3 saturated heterocycles. The monoisotopic (exact) mass is 519 g/mol. The Labute approximate surface area is 210 Å². The molecule has 3 fully saturated rings. The summed E-state index contributed by atoms with van der Waals surface area (Å²) in [7, 11) is 0. The van der Waals surface area contributed by atoms with E-state index in [2.05, 4.69) is 20.0 Å². The zero-order chi connectivity index (χ0) is 24.1. The number of aliphatic hydroxyl groups is 1. The van der Waals surface area contributed by atoms with Gasteiger partial charge in [-0.3, -0.25) is 0 Å². The van der Waals surface area contributed by atoms with Crippen LogP contribution in [0.1, 0.15) is 31.2 Å². The highest BCUT2D eigenvalue weighted by molar-refractivity contribution is 6.30. The Morgan fingerprint density at radius 3 is 2.74 bits per heavy atom. The first-order valence-electron chi connectivity index (χ1n) is 11.5. The number of benzene rings is 1. The standard InChI is InChI=1S/C23H23Cl2N5O5/c1-22(2)34-16-15(7-31)33-20(17(16)35-22)30-19-13(6-26-30)18(27-21(25)28-19)29-9-23(10-29)14-4-3-12(24)5-11(14)8-32-23/h3-6,15-17,20,31H,7-10H2,1-2H3/t15-,16-,17-,20-/m1/s1. The molecule has 3 aromatic rings. The Morgan fingerprint density at radius 1 is 1.14 bits per heavy atom. The van der Waals surface area contributed by atoms with Crippen molar-refractivity contribution in [2.75, 3.05) is 24.6 Å². The van der Waals surface area contributed by atoms with Crippen molar-refractivity contribution in [2.24, 2.45) is 0 Å². The van der Waals surface area contributed by atoms with Crippen LogP contribution in [0.4, 0.5) is 5.82 Å². The first-order chi connectivity index (χ1) is 16.8. The molecule has 4 atom stereocenters. The van der Waals surface area contributed by atoms with Gasteiger partial charge in [0.1, 0.15) is 29.7 Å². The molecular formula is C23H23Cl2N5O5. The van der Waals surface area contributed by atoms with Crippen LogP contribution < -0.4 is 4.90 Å². The van der Waals surface area contributed by atoms with Crippen molar-refractivity contribution < 1.29 is 24.1 Å². The third-order valence-electron chi connectivity index (χ3n) is 7.21. The normalized spacial score (nSPS) is 30.1. The predicted molar refractivity (Wildman–Crippen MR) is 125 cm³/mol. The third kappa shape index (κ3) is 3.25. The molecule has 1 aromatic carbocycles. The van der Waals surface area contributed by atoms with Gasteiger partial charge < -0.3 is 29.0 Å². The van der Waals surface area contributed by atoms with Crippen LogP contribution >= 0.6 is 23.2 Å². The Hall–Kier alpha value is -2.05. The summed E-state index contributed by atoms with van der Waals surface area (Å²) in [5, 5.41) is 16.0. The molecule has 0 unspecified atom stereocenters. The molecule has 0 radical (unpaired) electrons. The Morgan fingerprint density at radius 2 is 1.94 bits per heavy atom. The number of aliphatic hydroxyl groups excluding tert-OH is 1. The van der Waals surface area contributed by atoms with Crippen LogP contribution in [0.15, 0.2) is 24.4 Å². The fourth-order valence-corrected chi connectivity index (χ4v) is 6.07. The summed E-state index contributed by atoms with van der Waals surface area (Å²) < 4.78 is 26.0. The number of aromatic nitrogens is 4. The molecule has 0 amide bonds. The van der Waals surface area contributed by atoms with Gasteiger partial charge in [-0.2, -0.15) is 15.1 Å². The second-order valence-corrected chi connectivity index (χ2v) is 10.7. The zero-order valence-corrected chi connectivity index (χ0v) is 20.5. The van der Waals surface area contributed by atoms with Gasteiger partial charge in [0.15, 0.2) is 17.7 Å². The average Bonchev–Trinajstić information content (AvgIpc) is 3.51. The van der Waals surface area contributed by atoms with Gasteiger partial charge in [0, 0.05) is 5.02 Å². The topological polar surface area (TPSA) is 104 Å². The highest BCUT2D eigenvalue weighted by atomic mass is 35.5. The van der Waals surface area contributed by atoms with Crippen LogP contribution in [0.2, 0.25) is 10.3 Å². The lowest BCUT2D eigenvalue weighted by Gasteiger charge is -2.48. The molecule has 2 aromatic heterocycles. The number of anilines is 1. The fourth-order valence-electron chi connectivity index (χ4n) is 5.72. The van der Waals surface area contributed by atoms with Crippen molar-refractivity contribution in [2.45, 2.75) is 56.4 Å². The molecule has 4 aliphatic rings. The first-order valence-corrected chi connectivity index (χ1v) is 12.2. The lowest BCUT2D eigenvalue weighted by Crippen LogP contribution is -2.59. The summed E-state index contributed by atoms with van der Waals surface area (Å²) in [4.78, 5) is 11.1. The smallest absolute Gasteiger partial charge is 0.226 e. The maximum absolute atomic E-state index is 9.84. The molecule has 35 heavy (non-hydrogen) atoms. The number of ether oxygens (including phenoxy) is 4. The minimum atomic E-state index is -0.792. The number of hydrogen-bond donors (Lipinski definition) is 1. The maximum Gasteiger partial charge on any atom is 0.226 e. The van der Waals surface area contributed by atoms with E-state index < -0.39 is 35.9 Å². The highest BCUT2D eigenvalue weighted by Gasteiger charge is 2.56. The Kier molecular flexibility index (Phi) is 4.74. The largest absolute Gasteiger partial charge is 0.394 e. The van der Waals surface area contributed by atoms with Crippen LogP contribution in [0.5, 0.6) is 0 Å². The summed E-state index contributed by atoms with van der Waals surface area (Å²) in [6, 6.07) is 5.90.